The smallest absolute Gasteiger partial charge is 0.249 e. The van der Waals surface area contributed by atoms with Crippen LogP contribution in [0.25, 0.3) is 0 Å². The van der Waals surface area contributed by atoms with Crippen LogP contribution in [0.15, 0.2) is 0 Å². The lowest BCUT2D eigenvalue weighted by Crippen LogP contribution is -2.75. The SMILES string of the molecule is CCC(CC)CN1C(=O)C(CC)(CC)NC(=O)C1(C)CC. The van der Waals surface area contributed by atoms with Crippen molar-refractivity contribution in [1.29, 1.82) is 0 Å². The van der Waals surface area contributed by atoms with E-state index in [1.54, 1.807) is 0 Å². The summed E-state index contributed by atoms with van der Waals surface area (Å²) in [5.74, 6) is 0.555. The Hall–Kier alpha value is -1.06. The van der Waals surface area contributed by atoms with E-state index < -0.39 is 11.1 Å². The number of nitrogens with one attached hydrogen (secondary N) is 1. The molecule has 0 saturated carbocycles. The normalized spacial score (nSPS) is 25.4. The molecule has 1 rings (SSSR count). The minimum absolute atomic E-state index is 0.000689. The van der Waals surface area contributed by atoms with E-state index in [1.807, 2.05) is 32.6 Å². The molecule has 0 aromatic carbocycles. The summed E-state index contributed by atoms with van der Waals surface area (Å²) in [6.45, 7) is 12.8. The zero-order chi connectivity index (χ0) is 16.3. The molecule has 1 heterocycles. The van der Waals surface area contributed by atoms with E-state index in [0.717, 1.165) is 12.8 Å². The standard InChI is InChI=1S/C17H32N2O2/c1-7-13(8-2)12-19-15(21)17(10-4,11-5)18-14(20)16(19,6)9-3/h13H,7-12H2,1-6H3,(H,18,20). The first-order chi connectivity index (χ1) is 9.85. The minimum Gasteiger partial charge on any atom is -0.340 e. The first kappa shape index (κ1) is 18.0. The van der Waals surface area contributed by atoms with Crippen LogP contribution in [-0.2, 0) is 9.59 Å². The predicted molar refractivity (Wildman–Crippen MR) is 85.9 cm³/mol. The van der Waals surface area contributed by atoms with Gasteiger partial charge in [0.25, 0.3) is 0 Å². The molecule has 0 aromatic heterocycles. The summed E-state index contributed by atoms with van der Waals surface area (Å²) in [6.07, 6.45) is 4.01. The van der Waals surface area contributed by atoms with Crippen LogP contribution in [-0.4, -0.2) is 34.3 Å². The molecule has 122 valence electrons. The topological polar surface area (TPSA) is 49.4 Å². The van der Waals surface area contributed by atoms with Gasteiger partial charge in [0.2, 0.25) is 11.8 Å². The Labute approximate surface area is 129 Å². The molecule has 21 heavy (non-hydrogen) atoms. The van der Waals surface area contributed by atoms with Crippen LogP contribution in [0.4, 0.5) is 0 Å². The summed E-state index contributed by atoms with van der Waals surface area (Å²) in [4.78, 5) is 27.7. The maximum atomic E-state index is 13.1. The molecule has 1 unspecified atom stereocenters. The van der Waals surface area contributed by atoms with E-state index in [2.05, 4.69) is 19.2 Å². The zero-order valence-electron chi connectivity index (χ0n) is 14.6. The molecule has 2 amide bonds. The van der Waals surface area contributed by atoms with Crippen molar-refractivity contribution in [1.82, 2.24) is 10.2 Å². The third-order valence-corrected chi connectivity index (χ3v) is 5.58. The highest BCUT2D eigenvalue weighted by molar-refractivity contribution is 6.02. The van der Waals surface area contributed by atoms with E-state index in [4.69, 9.17) is 0 Å². The second kappa shape index (κ2) is 6.80. The van der Waals surface area contributed by atoms with E-state index >= 15 is 0 Å². The maximum absolute atomic E-state index is 13.1. The van der Waals surface area contributed by atoms with Gasteiger partial charge in [-0.25, -0.2) is 0 Å². The molecule has 1 aliphatic heterocycles. The van der Waals surface area contributed by atoms with Gasteiger partial charge < -0.3 is 10.2 Å². The number of rotatable bonds is 7. The van der Waals surface area contributed by atoms with Crippen molar-refractivity contribution in [3.05, 3.63) is 0 Å². The average Bonchev–Trinajstić information content (AvgIpc) is 2.51. The van der Waals surface area contributed by atoms with Gasteiger partial charge in [-0.3, -0.25) is 9.59 Å². The third-order valence-electron chi connectivity index (χ3n) is 5.58. The van der Waals surface area contributed by atoms with Gasteiger partial charge in [-0.1, -0.05) is 47.5 Å². The fraction of sp³-hybridized carbons (Fsp3) is 0.882. The van der Waals surface area contributed by atoms with Gasteiger partial charge in [0.1, 0.15) is 11.1 Å². The summed E-state index contributed by atoms with van der Waals surface area (Å²) in [6, 6.07) is 0. The van der Waals surface area contributed by atoms with Crippen molar-refractivity contribution < 1.29 is 9.59 Å². The van der Waals surface area contributed by atoms with E-state index in [1.165, 1.54) is 0 Å². The first-order valence-corrected chi connectivity index (χ1v) is 8.49. The Bertz CT molecular complexity index is 386. The lowest BCUT2D eigenvalue weighted by atomic mass is 9.80. The number of nitrogens with zero attached hydrogens (tertiary/aromatic N) is 1. The van der Waals surface area contributed by atoms with Gasteiger partial charge in [-0.15, -0.1) is 0 Å². The molecular weight excluding hydrogens is 264 g/mol. The summed E-state index contributed by atoms with van der Waals surface area (Å²) in [7, 11) is 0. The lowest BCUT2D eigenvalue weighted by molar-refractivity contribution is -0.164. The van der Waals surface area contributed by atoms with Gasteiger partial charge in [0.05, 0.1) is 0 Å². The number of amides is 2. The van der Waals surface area contributed by atoms with E-state index in [-0.39, 0.29) is 11.8 Å². The highest BCUT2D eigenvalue weighted by Crippen LogP contribution is 2.33. The van der Waals surface area contributed by atoms with Crippen LogP contribution in [0.5, 0.6) is 0 Å². The van der Waals surface area contributed by atoms with Crippen molar-refractivity contribution in [2.45, 2.75) is 84.7 Å². The van der Waals surface area contributed by atoms with Crippen molar-refractivity contribution in [2.24, 2.45) is 5.92 Å². The summed E-state index contributed by atoms with van der Waals surface area (Å²) in [5, 5.41) is 3.03. The number of piperazine rings is 1. The number of carbonyl (C=O) groups is 2. The molecule has 1 fully saturated rings. The largest absolute Gasteiger partial charge is 0.340 e. The lowest BCUT2D eigenvalue weighted by Gasteiger charge is -2.51. The molecule has 1 atom stereocenters. The molecule has 0 spiro atoms. The van der Waals surface area contributed by atoms with Crippen LogP contribution in [0.2, 0.25) is 0 Å². The van der Waals surface area contributed by atoms with Gasteiger partial charge >= 0.3 is 0 Å². The van der Waals surface area contributed by atoms with Crippen LogP contribution in [0.3, 0.4) is 0 Å². The molecule has 1 N–H and O–H groups in total. The summed E-state index contributed by atoms with van der Waals surface area (Å²) < 4.78 is 0. The molecule has 4 nitrogen and oxygen atoms in total. The van der Waals surface area contributed by atoms with Crippen molar-refractivity contribution in [2.75, 3.05) is 6.54 Å². The highest BCUT2D eigenvalue weighted by Gasteiger charge is 2.54. The quantitative estimate of drug-likeness (QED) is 0.785. The van der Waals surface area contributed by atoms with Crippen molar-refractivity contribution in [3.8, 4) is 0 Å². The van der Waals surface area contributed by atoms with Crippen LogP contribution in [0, 0.1) is 5.92 Å². The monoisotopic (exact) mass is 296 g/mol. The Kier molecular flexibility index (Phi) is 5.83. The van der Waals surface area contributed by atoms with Gasteiger partial charge in [0, 0.05) is 6.54 Å². The molecule has 1 aliphatic rings. The molecule has 1 saturated heterocycles. The fourth-order valence-corrected chi connectivity index (χ4v) is 3.18. The van der Waals surface area contributed by atoms with E-state index in [9.17, 15) is 9.59 Å². The Morgan fingerprint density at radius 1 is 1.00 bits per heavy atom. The molecule has 4 heteroatoms. The van der Waals surface area contributed by atoms with Crippen molar-refractivity contribution >= 4 is 11.8 Å². The number of carbonyl (C=O) groups excluding carboxylic acids is 2. The average molecular weight is 296 g/mol. The minimum atomic E-state index is -0.715. The first-order valence-electron chi connectivity index (χ1n) is 8.49. The Morgan fingerprint density at radius 3 is 1.90 bits per heavy atom. The molecular formula is C17H32N2O2. The molecule has 0 radical (unpaired) electrons. The number of hydrogen-bond donors (Lipinski definition) is 1. The molecule has 0 aliphatic carbocycles. The fourth-order valence-electron chi connectivity index (χ4n) is 3.18. The summed E-state index contributed by atoms with van der Waals surface area (Å²) >= 11 is 0. The third kappa shape index (κ3) is 2.95. The Morgan fingerprint density at radius 2 is 1.52 bits per heavy atom. The van der Waals surface area contributed by atoms with Gasteiger partial charge in [-0.2, -0.15) is 0 Å². The zero-order valence-corrected chi connectivity index (χ0v) is 14.6. The predicted octanol–water partition coefficient (Wildman–Crippen LogP) is 3.11. The second-order valence-electron chi connectivity index (χ2n) is 6.47. The second-order valence-corrected chi connectivity index (χ2v) is 6.47. The highest BCUT2D eigenvalue weighted by atomic mass is 16.2. The van der Waals surface area contributed by atoms with Gasteiger partial charge in [-0.05, 0) is 32.1 Å². The van der Waals surface area contributed by atoms with Crippen molar-refractivity contribution in [3.63, 3.8) is 0 Å². The number of hydrogen-bond acceptors (Lipinski definition) is 2. The van der Waals surface area contributed by atoms with E-state index in [0.29, 0.717) is 31.7 Å². The molecule has 0 bridgehead atoms. The Balaban J connectivity index is 3.22. The molecule has 0 aromatic rings. The maximum Gasteiger partial charge on any atom is 0.249 e. The summed E-state index contributed by atoms with van der Waals surface area (Å²) in [5.41, 5.74) is -1.43. The van der Waals surface area contributed by atoms with Crippen LogP contribution >= 0.6 is 0 Å². The van der Waals surface area contributed by atoms with Crippen LogP contribution < -0.4 is 5.32 Å². The van der Waals surface area contributed by atoms with Crippen LogP contribution in [0.1, 0.15) is 73.6 Å². The van der Waals surface area contributed by atoms with Gasteiger partial charge in [0.15, 0.2) is 0 Å².